The Balaban J connectivity index is 1.38. The van der Waals surface area contributed by atoms with Gasteiger partial charge in [0.25, 0.3) is 11.5 Å². The van der Waals surface area contributed by atoms with E-state index in [1.54, 1.807) is 18.7 Å². The summed E-state index contributed by atoms with van der Waals surface area (Å²) in [5.41, 5.74) is 1.08. The van der Waals surface area contributed by atoms with Crippen molar-refractivity contribution >= 4 is 40.1 Å². The predicted molar refractivity (Wildman–Crippen MR) is 135 cm³/mol. The van der Waals surface area contributed by atoms with E-state index < -0.39 is 18.0 Å². The van der Waals surface area contributed by atoms with E-state index in [2.05, 4.69) is 5.32 Å². The SMILES string of the molecule is Cc1c(NC(=O)[C@H](C)OC(=O)CSc2ccc3ccccc3c2)c(=O)n(-c2ccccc2)n1C. The number of benzene rings is 3. The summed E-state index contributed by atoms with van der Waals surface area (Å²) in [4.78, 5) is 38.9. The van der Waals surface area contributed by atoms with Crippen LogP contribution in [0.2, 0.25) is 0 Å². The highest BCUT2D eigenvalue weighted by Gasteiger charge is 2.23. The van der Waals surface area contributed by atoms with E-state index in [1.807, 2.05) is 72.8 Å². The summed E-state index contributed by atoms with van der Waals surface area (Å²) in [6, 6.07) is 23.1. The lowest BCUT2D eigenvalue weighted by atomic mass is 10.1. The van der Waals surface area contributed by atoms with Crippen molar-refractivity contribution < 1.29 is 14.3 Å². The third-order valence-electron chi connectivity index (χ3n) is 5.56. The standard InChI is InChI=1S/C26H25N3O4S/c1-17-24(26(32)29(28(17)3)21-11-5-4-6-12-21)27-25(31)18(2)33-23(30)16-34-22-14-13-19-9-7-8-10-20(19)15-22/h4-15,18H,16H2,1-3H3,(H,27,31)/t18-/m0/s1. The number of carbonyl (C=O) groups excluding carboxylic acids is 2. The molecule has 0 aliphatic rings. The molecule has 3 aromatic carbocycles. The number of rotatable bonds is 7. The highest BCUT2D eigenvalue weighted by atomic mass is 32.2. The average molecular weight is 476 g/mol. The van der Waals surface area contributed by atoms with E-state index in [1.165, 1.54) is 23.4 Å². The molecule has 0 aliphatic heterocycles. The van der Waals surface area contributed by atoms with Crippen LogP contribution < -0.4 is 10.9 Å². The van der Waals surface area contributed by atoms with Crippen LogP contribution in [-0.2, 0) is 21.4 Å². The largest absolute Gasteiger partial charge is 0.452 e. The van der Waals surface area contributed by atoms with Crippen molar-refractivity contribution in [1.82, 2.24) is 9.36 Å². The van der Waals surface area contributed by atoms with E-state index in [0.717, 1.165) is 15.7 Å². The fraction of sp³-hybridized carbons (Fsp3) is 0.192. The Kier molecular flexibility index (Phi) is 6.88. The Labute approximate surface area is 201 Å². The summed E-state index contributed by atoms with van der Waals surface area (Å²) in [6.07, 6.45) is -1.05. The number of aromatic nitrogens is 2. The van der Waals surface area contributed by atoms with Gasteiger partial charge in [-0.05, 0) is 48.9 Å². The lowest BCUT2D eigenvalue weighted by Gasteiger charge is -2.13. The molecule has 0 aliphatic carbocycles. The second-order valence-corrected chi connectivity index (χ2v) is 8.90. The van der Waals surface area contributed by atoms with Gasteiger partial charge >= 0.3 is 5.97 Å². The highest BCUT2D eigenvalue weighted by molar-refractivity contribution is 8.00. The van der Waals surface area contributed by atoms with E-state index >= 15 is 0 Å². The van der Waals surface area contributed by atoms with Crippen molar-refractivity contribution in [2.24, 2.45) is 7.05 Å². The van der Waals surface area contributed by atoms with Crippen molar-refractivity contribution in [3.63, 3.8) is 0 Å². The molecule has 0 unspecified atom stereocenters. The summed E-state index contributed by atoms with van der Waals surface area (Å²) in [6.45, 7) is 3.23. The monoisotopic (exact) mass is 475 g/mol. The number of para-hydroxylation sites is 1. The number of thioether (sulfide) groups is 1. The molecule has 1 atom stereocenters. The Morgan fingerprint density at radius 3 is 2.41 bits per heavy atom. The number of ether oxygens (including phenoxy) is 1. The molecule has 4 aromatic rings. The summed E-state index contributed by atoms with van der Waals surface area (Å²) >= 11 is 1.35. The van der Waals surface area contributed by atoms with E-state index in [4.69, 9.17) is 4.74 Å². The van der Waals surface area contributed by atoms with Crippen molar-refractivity contribution in [1.29, 1.82) is 0 Å². The zero-order valence-corrected chi connectivity index (χ0v) is 20.0. The van der Waals surface area contributed by atoms with Crippen molar-refractivity contribution in [3.8, 4) is 5.69 Å². The molecule has 1 heterocycles. The first-order valence-corrected chi connectivity index (χ1v) is 11.8. The minimum Gasteiger partial charge on any atom is -0.452 e. The molecule has 0 bridgehead atoms. The minimum absolute atomic E-state index is 0.0706. The molecule has 0 fully saturated rings. The van der Waals surface area contributed by atoms with Gasteiger partial charge < -0.3 is 10.1 Å². The summed E-state index contributed by atoms with van der Waals surface area (Å²) in [5.74, 6) is -0.997. The van der Waals surface area contributed by atoms with E-state index in [-0.39, 0.29) is 17.0 Å². The molecule has 34 heavy (non-hydrogen) atoms. The second kappa shape index (κ2) is 10.0. The number of nitrogens with one attached hydrogen (secondary N) is 1. The maximum atomic E-state index is 13.0. The summed E-state index contributed by atoms with van der Waals surface area (Å²) < 4.78 is 8.45. The first-order chi connectivity index (χ1) is 16.3. The third kappa shape index (κ3) is 4.92. The number of esters is 1. The molecule has 1 N–H and O–H groups in total. The lowest BCUT2D eigenvalue weighted by Crippen LogP contribution is -2.32. The molecule has 8 heteroatoms. The van der Waals surface area contributed by atoms with Gasteiger partial charge in [-0.25, -0.2) is 4.68 Å². The molecule has 0 saturated carbocycles. The van der Waals surface area contributed by atoms with Gasteiger partial charge in [0.15, 0.2) is 6.10 Å². The number of hydrogen-bond acceptors (Lipinski definition) is 5. The number of amides is 1. The number of anilines is 1. The molecule has 0 radical (unpaired) electrons. The maximum Gasteiger partial charge on any atom is 0.317 e. The molecule has 174 valence electrons. The average Bonchev–Trinajstić information content (AvgIpc) is 3.06. The van der Waals surface area contributed by atoms with E-state index in [9.17, 15) is 14.4 Å². The van der Waals surface area contributed by atoms with Gasteiger partial charge in [-0.1, -0.05) is 48.5 Å². The van der Waals surface area contributed by atoms with Crippen LogP contribution in [0, 0.1) is 6.92 Å². The Bertz CT molecular complexity index is 1410. The van der Waals surface area contributed by atoms with Crippen LogP contribution in [0.15, 0.2) is 82.5 Å². The molecular weight excluding hydrogens is 450 g/mol. The molecule has 4 rings (SSSR count). The number of hydrogen-bond donors (Lipinski definition) is 1. The van der Waals surface area contributed by atoms with Gasteiger partial charge in [-0.15, -0.1) is 11.8 Å². The molecule has 0 spiro atoms. The van der Waals surface area contributed by atoms with Gasteiger partial charge in [0, 0.05) is 11.9 Å². The van der Waals surface area contributed by atoms with Crippen LogP contribution in [0.3, 0.4) is 0 Å². The first kappa shape index (κ1) is 23.4. The quantitative estimate of drug-likeness (QED) is 0.318. The van der Waals surface area contributed by atoms with Crippen LogP contribution >= 0.6 is 11.8 Å². The van der Waals surface area contributed by atoms with Gasteiger partial charge in [0.2, 0.25) is 0 Å². The normalized spacial score (nSPS) is 11.9. The van der Waals surface area contributed by atoms with Gasteiger partial charge in [0.05, 0.1) is 17.1 Å². The van der Waals surface area contributed by atoms with Crippen molar-refractivity contribution in [2.75, 3.05) is 11.1 Å². The number of fused-ring (bicyclic) bond motifs is 1. The first-order valence-electron chi connectivity index (χ1n) is 10.8. The fourth-order valence-corrected chi connectivity index (χ4v) is 4.35. The molecule has 0 saturated heterocycles. The van der Waals surface area contributed by atoms with Crippen molar-refractivity contribution in [3.05, 3.63) is 88.8 Å². The number of nitrogens with zero attached hydrogens (tertiary/aromatic N) is 2. The summed E-state index contributed by atoms with van der Waals surface area (Å²) in [5, 5.41) is 4.85. The summed E-state index contributed by atoms with van der Waals surface area (Å²) in [7, 11) is 1.74. The molecule has 1 aromatic heterocycles. The van der Waals surface area contributed by atoms with Gasteiger partial charge in [-0.2, -0.15) is 0 Å². The van der Waals surface area contributed by atoms with Crippen LogP contribution in [0.1, 0.15) is 12.6 Å². The zero-order valence-electron chi connectivity index (χ0n) is 19.1. The number of carbonyl (C=O) groups is 2. The maximum absolute atomic E-state index is 13.0. The zero-order chi connectivity index (χ0) is 24.2. The molecular formula is C26H25N3O4S. The van der Waals surface area contributed by atoms with Crippen molar-refractivity contribution in [2.45, 2.75) is 24.8 Å². The predicted octanol–water partition coefficient (Wildman–Crippen LogP) is 4.30. The third-order valence-corrected chi connectivity index (χ3v) is 6.52. The minimum atomic E-state index is -1.05. The van der Waals surface area contributed by atoms with Crippen LogP contribution in [-0.4, -0.2) is 33.1 Å². The van der Waals surface area contributed by atoms with E-state index in [0.29, 0.717) is 11.4 Å². The van der Waals surface area contributed by atoms with Crippen LogP contribution in [0.5, 0.6) is 0 Å². The molecule has 7 nitrogen and oxygen atoms in total. The lowest BCUT2D eigenvalue weighted by molar-refractivity contribution is -0.150. The smallest absolute Gasteiger partial charge is 0.317 e. The Morgan fingerprint density at radius 1 is 1.00 bits per heavy atom. The van der Waals surface area contributed by atoms with Crippen LogP contribution in [0.25, 0.3) is 16.5 Å². The fourth-order valence-electron chi connectivity index (χ4n) is 3.62. The van der Waals surface area contributed by atoms with Gasteiger partial charge in [-0.3, -0.25) is 19.1 Å². The Hall–Kier alpha value is -3.78. The van der Waals surface area contributed by atoms with Gasteiger partial charge in [0.1, 0.15) is 5.69 Å². The Morgan fingerprint density at radius 2 is 1.68 bits per heavy atom. The molecule has 1 amide bonds. The highest BCUT2D eigenvalue weighted by Crippen LogP contribution is 2.24. The topological polar surface area (TPSA) is 82.3 Å². The second-order valence-electron chi connectivity index (χ2n) is 7.86. The van der Waals surface area contributed by atoms with Crippen LogP contribution in [0.4, 0.5) is 5.69 Å².